The van der Waals surface area contributed by atoms with Gasteiger partial charge in [0.1, 0.15) is 11.4 Å². The zero-order chi connectivity index (χ0) is 19.5. The van der Waals surface area contributed by atoms with Crippen molar-refractivity contribution in [2.24, 2.45) is 0 Å². The molecule has 0 aliphatic carbocycles. The lowest BCUT2D eigenvalue weighted by Crippen LogP contribution is -2.40. The number of nitrogens with two attached hydrogens (primary N) is 1. The molecule has 1 fully saturated rings. The van der Waals surface area contributed by atoms with E-state index in [1.165, 1.54) is 0 Å². The van der Waals surface area contributed by atoms with E-state index in [1.807, 2.05) is 34.6 Å². The Kier molecular flexibility index (Phi) is 6.00. The van der Waals surface area contributed by atoms with Gasteiger partial charge < -0.3 is 25.4 Å². The summed E-state index contributed by atoms with van der Waals surface area (Å²) in [6.45, 7) is 10.3. The molecule has 7 heteroatoms. The lowest BCUT2D eigenvalue weighted by atomic mass is 10.1. The molecule has 1 atom stereocenters. The molecule has 2 rings (SSSR count). The average Bonchev–Trinajstić information content (AvgIpc) is 2.95. The van der Waals surface area contributed by atoms with E-state index < -0.39 is 5.60 Å². The highest BCUT2D eigenvalue weighted by atomic mass is 16.6. The van der Waals surface area contributed by atoms with Crippen LogP contribution in [0.4, 0.5) is 10.5 Å². The number of nitrogens with one attached hydrogen (secondary N) is 1. The number of carbonyl (C=O) groups excluding carboxylic acids is 2. The number of hydrogen-bond acceptors (Lipinski definition) is 5. The van der Waals surface area contributed by atoms with Gasteiger partial charge >= 0.3 is 6.09 Å². The van der Waals surface area contributed by atoms with Crippen molar-refractivity contribution < 1.29 is 19.1 Å². The maximum atomic E-state index is 12.4. The molecule has 0 bridgehead atoms. The van der Waals surface area contributed by atoms with E-state index in [4.69, 9.17) is 15.2 Å². The third kappa shape index (κ3) is 5.54. The van der Waals surface area contributed by atoms with Crippen molar-refractivity contribution in [1.29, 1.82) is 0 Å². The van der Waals surface area contributed by atoms with Gasteiger partial charge in [0.2, 0.25) is 0 Å². The number of likely N-dealkylation sites (tertiary alicyclic amines) is 1. The molecular formula is C19H29N3O4. The SMILES string of the molecule is CC(C)Oc1ccc(C(=O)NC2CCN(C(=O)OC(C)(C)C)C2)cc1N. The lowest BCUT2D eigenvalue weighted by molar-refractivity contribution is 0.0290. The van der Waals surface area contributed by atoms with Gasteiger partial charge in [-0.1, -0.05) is 0 Å². The van der Waals surface area contributed by atoms with Crippen molar-refractivity contribution in [3.8, 4) is 5.75 Å². The van der Waals surface area contributed by atoms with Gasteiger partial charge in [0.05, 0.1) is 11.8 Å². The first-order chi connectivity index (χ1) is 12.0. The Morgan fingerprint density at radius 3 is 2.58 bits per heavy atom. The van der Waals surface area contributed by atoms with E-state index in [-0.39, 0.29) is 24.1 Å². The molecule has 26 heavy (non-hydrogen) atoms. The van der Waals surface area contributed by atoms with E-state index in [1.54, 1.807) is 23.1 Å². The minimum Gasteiger partial charge on any atom is -0.489 e. The van der Waals surface area contributed by atoms with Crippen LogP contribution < -0.4 is 15.8 Å². The average molecular weight is 363 g/mol. The van der Waals surface area contributed by atoms with Crippen molar-refractivity contribution in [1.82, 2.24) is 10.2 Å². The van der Waals surface area contributed by atoms with Crippen LogP contribution in [0.1, 0.15) is 51.4 Å². The molecule has 1 aromatic rings. The van der Waals surface area contributed by atoms with Gasteiger partial charge in [0.15, 0.2) is 0 Å². The third-order valence-corrected chi connectivity index (χ3v) is 3.81. The summed E-state index contributed by atoms with van der Waals surface area (Å²) in [7, 11) is 0. The molecule has 0 saturated carbocycles. The number of benzene rings is 1. The second-order valence-corrected chi connectivity index (χ2v) is 7.80. The second-order valence-electron chi connectivity index (χ2n) is 7.80. The summed E-state index contributed by atoms with van der Waals surface area (Å²) < 4.78 is 10.9. The van der Waals surface area contributed by atoms with Crippen LogP contribution in [0.5, 0.6) is 5.75 Å². The first-order valence-corrected chi connectivity index (χ1v) is 8.90. The molecule has 1 unspecified atom stereocenters. The summed E-state index contributed by atoms with van der Waals surface area (Å²) >= 11 is 0. The van der Waals surface area contributed by atoms with Gasteiger partial charge in [-0.15, -0.1) is 0 Å². The standard InChI is InChI=1S/C19H29N3O4/c1-12(2)25-16-7-6-13(10-15(16)20)17(23)21-14-8-9-22(11-14)18(24)26-19(3,4)5/h6-7,10,12,14H,8-9,11,20H2,1-5H3,(H,21,23). The molecular weight excluding hydrogens is 334 g/mol. The van der Waals surface area contributed by atoms with Gasteiger partial charge in [-0.2, -0.15) is 0 Å². The molecule has 0 aromatic heterocycles. The minimum atomic E-state index is -0.532. The smallest absolute Gasteiger partial charge is 0.410 e. The van der Waals surface area contributed by atoms with Crippen LogP contribution in [-0.4, -0.2) is 47.7 Å². The van der Waals surface area contributed by atoms with Gasteiger partial charge in [0, 0.05) is 24.7 Å². The molecule has 3 N–H and O–H groups in total. The quantitative estimate of drug-likeness (QED) is 0.802. The topological polar surface area (TPSA) is 93.9 Å². The largest absolute Gasteiger partial charge is 0.489 e. The fourth-order valence-electron chi connectivity index (χ4n) is 2.69. The van der Waals surface area contributed by atoms with Crippen LogP contribution in [0, 0.1) is 0 Å². The van der Waals surface area contributed by atoms with Gasteiger partial charge in [0.25, 0.3) is 5.91 Å². The molecule has 144 valence electrons. The summed E-state index contributed by atoms with van der Waals surface area (Å²) in [5.74, 6) is 0.345. The molecule has 1 aromatic carbocycles. The van der Waals surface area contributed by atoms with Gasteiger partial charge in [-0.25, -0.2) is 4.79 Å². The summed E-state index contributed by atoms with van der Waals surface area (Å²) in [6.07, 6.45) is 0.345. The Labute approximate surface area is 154 Å². The van der Waals surface area contributed by atoms with Crippen molar-refractivity contribution in [3.63, 3.8) is 0 Å². The Morgan fingerprint density at radius 1 is 1.31 bits per heavy atom. The maximum absolute atomic E-state index is 12.4. The van der Waals surface area contributed by atoms with Crippen molar-refractivity contribution in [2.75, 3.05) is 18.8 Å². The van der Waals surface area contributed by atoms with E-state index in [0.717, 1.165) is 0 Å². The molecule has 1 saturated heterocycles. The maximum Gasteiger partial charge on any atom is 0.410 e. The summed E-state index contributed by atoms with van der Waals surface area (Å²) in [5, 5.41) is 2.95. The van der Waals surface area contributed by atoms with Crippen LogP contribution in [-0.2, 0) is 4.74 Å². The predicted molar refractivity (Wildman–Crippen MR) is 100 cm³/mol. The molecule has 0 spiro atoms. The molecule has 0 radical (unpaired) electrons. The van der Waals surface area contributed by atoms with Crippen LogP contribution in [0.2, 0.25) is 0 Å². The van der Waals surface area contributed by atoms with Crippen molar-refractivity contribution >= 4 is 17.7 Å². The van der Waals surface area contributed by atoms with E-state index in [2.05, 4.69) is 5.32 Å². The third-order valence-electron chi connectivity index (χ3n) is 3.81. The van der Waals surface area contributed by atoms with Crippen LogP contribution in [0.3, 0.4) is 0 Å². The van der Waals surface area contributed by atoms with Crippen molar-refractivity contribution in [3.05, 3.63) is 23.8 Å². The number of nitrogens with zero attached hydrogens (tertiary/aromatic N) is 1. The molecule has 7 nitrogen and oxygen atoms in total. The minimum absolute atomic E-state index is 0.00861. The molecule has 2 amide bonds. The van der Waals surface area contributed by atoms with Gasteiger partial charge in [-0.3, -0.25) is 4.79 Å². The molecule has 1 aliphatic heterocycles. The first kappa shape index (κ1) is 19.9. The number of amides is 2. The number of nitrogen functional groups attached to an aromatic ring is 1. The highest BCUT2D eigenvalue weighted by Crippen LogP contribution is 2.24. The normalized spacial score (nSPS) is 17.3. The van der Waals surface area contributed by atoms with E-state index >= 15 is 0 Å². The zero-order valence-corrected chi connectivity index (χ0v) is 16.2. The number of carbonyl (C=O) groups is 2. The number of rotatable bonds is 4. The Morgan fingerprint density at radius 2 is 2.00 bits per heavy atom. The summed E-state index contributed by atoms with van der Waals surface area (Å²) in [6, 6.07) is 4.88. The summed E-state index contributed by atoms with van der Waals surface area (Å²) in [5.41, 5.74) is 6.32. The Bertz CT molecular complexity index is 667. The predicted octanol–water partition coefficient (Wildman–Crippen LogP) is 2.80. The fraction of sp³-hybridized carbons (Fsp3) is 0.579. The summed E-state index contributed by atoms with van der Waals surface area (Å²) in [4.78, 5) is 26.2. The number of anilines is 1. The lowest BCUT2D eigenvalue weighted by Gasteiger charge is -2.24. The Hall–Kier alpha value is -2.44. The zero-order valence-electron chi connectivity index (χ0n) is 16.2. The first-order valence-electron chi connectivity index (χ1n) is 8.90. The fourth-order valence-corrected chi connectivity index (χ4v) is 2.69. The van der Waals surface area contributed by atoms with Crippen LogP contribution >= 0.6 is 0 Å². The van der Waals surface area contributed by atoms with Gasteiger partial charge in [-0.05, 0) is 59.2 Å². The van der Waals surface area contributed by atoms with E-state index in [0.29, 0.717) is 36.5 Å². The highest BCUT2D eigenvalue weighted by molar-refractivity contribution is 5.95. The Balaban J connectivity index is 1.92. The van der Waals surface area contributed by atoms with Crippen LogP contribution in [0.15, 0.2) is 18.2 Å². The van der Waals surface area contributed by atoms with Crippen LogP contribution in [0.25, 0.3) is 0 Å². The number of hydrogen-bond donors (Lipinski definition) is 2. The van der Waals surface area contributed by atoms with E-state index in [9.17, 15) is 9.59 Å². The second kappa shape index (κ2) is 7.85. The molecule has 1 heterocycles. The monoisotopic (exact) mass is 363 g/mol. The molecule has 1 aliphatic rings. The number of ether oxygens (including phenoxy) is 2. The highest BCUT2D eigenvalue weighted by Gasteiger charge is 2.30. The van der Waals surface area contributed by atoms with Crippen molar-refractivity contribution in [2.45, 2.75) is 58.8 Å².